The fourth-order valence-corrected chi connectivity index (χ4v) is 3.60. The van der Waals surface area contributed by atoms with E-state index in [1.165, 1.54) is 5.56 Å². The topological polar surface area (TPSA) is 76.4 Å². The normalized spacial score (nSPS) is 22.7. The summed E-state index contributed by atoms with van der Waals surface area (Å²) in [6.07, 6.45) is 0.122. The van der Waals surface area contributed by atoms with E-state index in [-0.39, 0.29) is 11.9 Å². The highest BCUT2D eigenvalue weighted by atomic mass is 16.3. The second-order valence-corrected chi connectivity index (χ2v) is 6.84. The summed E-state index contributed by atoms with van der Waals surface area (Å²) in [5, 5.41) is 21.4. The Bertz CT molecular complexity index is 845. The highest BCUT2D eigenvalue weighted by Crippen LogP contribution is 2.32. The van der Waals surface area contributed by atoms with Crippen molar-refractivity contribution in [1.29, 1.82) is 5.41 Å². The lowest BCUT2D eigenvalue weighted by Gasteiger charge is -2.36. The average molecular weight is 335 g/mol. The van der Waals surface area contributed by atoms with Crippen LogP contribution in [0.5, 0.6) is 0 Å². The molecule has 0 aromatic heterocycles. The van der Waals surface area contributed by atoms with Crippen LogP contribution in [0.2, 0.25) is 0 Å². The minimum absolute atomic E-state index is 0.0782. The lowest BCUT2D eigenvalue weighted by molar-refractivity contribution is 0.0450. The molecule has 2 aromatic rings. The van der Waals surface area contributed by atoms with Gasteiger partial charge in [0.2, 0.25) is 0 Å². The van der Waals surface area contributed by atoms with Crippen LogP contribution in [0.25, 0.3) is 11.1 Å². The predicted molar refractivity (Wildman–Crippen MR) is 98.0 cm³/mol. The quantitative estimate of drug-likeness (QED) is 0.750. The Morgan fingerprint density at radius 1 is 1.16 bits per heavy atom. The summed E-state index contributed by atoms with van der Waals surface area (Å²) in [7, 11) is 0. The summed E-state index contributed by atoms with van der Waals surface area (Å²) in [5.41, 5.74) is 5.04. The van der Waals surface area contributed by atoms with E-state index in [0.29, 0.717) is 36.3 Å². The molecule has 0 saturated carbocycles. The van der Waals surface area contributed by atoms with Crippen molar-refractivity contribution in [3.8, 4) is 11.1 Å². The zero-order valence-corrected chi connectivity index (χ0v) is 14.1. The highest BCUT2D eigenvalue weighted by molar-refractivity contribution is 6.02. The minimum Gasteiger partial charge on any atom is -0.372 e. The zero-order chi connectivity index (χ0) is 17.6. The first-order valence-electron chi connectivity index (χ1n) is 8.56. The average Bonchev–Trinajstić information content (AvgIpc) is 2.71. The van der Waals surface area contributed by atoms with Crippen molar-refractivity contribution in [1.82, 2.24) is 4.90 Å². The van der Waals surface area contributed by atoms with Crippen LogP contribution in [-0.2, 0) is 0 Å². The van der Waals surface area contributed by atoms with Crippen molar-refractivity contribution in [2.45, 2.75) is 32.0 Å². The second-order valence-electron chi connectivity index (χ2n) is 6.84. The fourth-order valence-electron chi connectivity index (χ4n) is 3.60. The van der Waals surface area contributed by atoms with Crippen molar-refractivity contribution in [2.75, 3.05) is 11.9 Å². The van der Waals surface area contributed by atoms with Gasteiger partial charge in [0.15, 0.2) is 0 Å². The number of hydrogen-bond donors (Lipinski definition) is 3. The number of aliphatic hydroxyl groups excluding tert-OH is 1. The van der Waals surface area contributed by atoms with Gasteiger partial charge in [-0.15, -0.1) is 0 Å². The van der Waals surface area contributed by atoms with Gasteiger partial charge in [0.05, 0.1) is 11.6 Å². The summed E-state index contributed by atoms with van der Waals surface area (Å²) in [5.74, 6) is -0.0782. The van der Waals surface area contributed by atoms with Crippen LogP contribution in [0, 0.1) is 12.3 Å². The standard InChI is InChI=1S/C20H21N3O2/c1-12-2-4-13(5-3-12)14-6-7-17-16(10-14)20(25)23-9-8-15(21)11-18(23)19(24)22-17/h2-7,10,18-19,21-22,24H,8-9,11H2,1H3. The summed E-state index contributed by atoms with van der Waals surface area (Å²) in [4.78, 5) is 14.8. The molecule has 2 aromatic carbocycles. The third kappa shape index (κ3) is 2.81. The summed E-state index contributed by atoms with van der Waals surface area (Å²) < 4.78 is 0. The number of nitrogens with zero attached hydrogens (tertiary/aromatic N) is 1. The third-order valence-electron chi connectivity index (χ3n) is 5.07. The smallest absolute Gasteiger partial charge is 0.256 e. The number of carbonyl (C=O) groups is 1. The maximum Gasteiger partial charge on any atom is 0.256 e. The van der Waals surface area contributed by atoms with Crippen LogP contribution < -0.4 is 5.32 Å². The van der Waals surface area contributed by atoms with Gasteiger partial charge in [-0.2, -0.15) is 0 Å². The van der Waals surface area contributed by atoms with Crippen molar-refractivity contribution in [2.24, 2.45) is 0 Å². The van der Waals surface area contributed by atoms with Crippen LogP contribution >= 0.6 is 0 Å². The molecule has 2 heterocycles. The Labute approximate surface area is 146 Å². The number of hydrogen-bond acceptors (Lipinski definition) is 4. The van der Waals surface area contributed by atoms with Gasteiger partial charge in [0.25, 0.3) is 5.91 Å². The van der Waals surface area contributed by atoms with E-state index < -0.39 is 6.23 Å². The van der Waals surface area contributed by atoms with Gasteiger partial charge in [-0.25, -0.2) is 0 Å². The predicted octanol–water partition coefficient (Wildman–Crippen LogP) is 3.03. The number of benzene rings is 2. The van der Waals surface area contributed by atoms with Crippen molar-refractivity contribution in [3.63, 3.8) is 0 Å². The lowest BCUT2D eigenvalue weighted by Crippen LogP contribution is -2.52. The van der Waals surface area contributed by atoms with E-state index in [1.54, 1.807) is 4.90 Å². The molecule has 1 saturated heterocycles. The lowest BCUT2D eigenvalue weighted by atomic mass is 9.98. The van der Waals surface area contributed by atoms with Crippen molar-refractivity contribution in [3.05, 3.63) is 53.6 Å². The summed E-state index contributed by atoms with van der Waals surface area (Å²) in [6, 6.07) is 13.5. The zero-order valence-electron chi connectivity index (χ0n) is 14.1. The van der Waals surface area contributed by atoms with Crippen LogP contribution in [0.3, 0.4) is 0 Å². The number of rotatable bonds is 1. The first-order chi connectivity index (χ1) is 12.0. The van der Waals surface area contributed by atoms with Crippen LogP contribution in [0.1, 0.15) is 28.8 Å². The van der Waals surface area contributed by atoms with Gasteiger partial charge < -0.3 is 20.7 Å². The number of aryl methyl sites for hydroxylation is 1. The third-order valence-corrected chi connectivity index (χ3v) is 5.07. The van der Waals surface area contributed by atoms with E-state index in [4.69, 9.17) is 5.41 Å². The maximum atomic E-state index is 13.1. The Kier molecular flexibility index (Phi) is 3.81. The van der Waals surface area contributed by atoms with E-state index in [1.807, 2.05) is 37.3 Å². The Morgan fingerprint density at radius 2 is 1.88 bits per heavy atom. The molecule has 3 N–H and O–H groups in total. The molecule has 0 bridgehead atoms. The molecule has 25 heavy (non-hydrogen) atoms. The van der Waals surface area contributed by atoms with E-state index in [2.05, 4.69) is 17.4 Å². The first-order valence-corrected chi connectivity index (χ1v) is 8.56. The van der Waals surface area contributed by atoms with Gasteiger partial charge in [0, 0.05) is 30.8 Å². The molecule has 4 rings (SSSR count). The number of piperidine rings is 1. The molecule has 128 valence electrons. The molecule has 0 aliphatic carbocycles. The fraction of sp³-hybridized carbons (Fsp3) is 0.300. The van der Waals surface area contributed by atoms with E-state index in [0.717, 1.165) is 11.1 Å². The largest absolute Gasteiger partial charge is 0.372 e. The van der Waals surface area contributed by atoms with Crippen molar-refractivity contribution >= 4 is 17.3 Å². The monoisotopic (exact) mass is 335 g/mol. The summed E-state index contributed by atoms with van der Waals surface area (Å²) in [6.45, 7) is 2.53. The van der Waals surface area contributed by atoms with Gasteiger partial charge in [-0.05, 0) is 30.2 Å². The second kappa shape index (κ2) is 6.01. The van der Waals surface area contributed by atoms with Crippen LogP contribution in [-0.4, -0.2) is 40.4 Å². The Hall–Kier alpha value is -2.66. The Balaban J connectivity index is 1.75. The van der Waals surface area contributed by atoms with Crippen molar-refractivity contribution < 1.29 is 9.90 Å². The molecule has 0 radical (unpaired) electrons. The molecule has 2 atom stereocenters. The summed E-state index contributed by atoms with van der Waals surface area (Å²) >= 11 is 0. The molecule has 2 aliphatic rings. The molecule has 5 nitrogen and oxygen atoms in total. The number of anilines is 1. The molecule has 2 unspecified atom stereocenters. The minimum atomic E-state index is -0.865. The van der Waals surface area contributed by atoms with Gasteiger partial charge in [0.1, 0.15) is 6.23 Å². The SMILES string of the molecule is Cc1ccc(-c2ccc3c(c2)C(=O)N2CCC(=N)CC2C(O)N3)cc1. The number of amides is 1. The first kappa shape index (κ1) is 15.8. The van der Waals surface area contributed by atoms with Gasteiger partial charge >= 0.3 is 0 Å². The van der Waals surface area contributed by atoms with E-state index >= 15 is 0 Å². The van der Waals surface area contributed by atoms with Gasteiger partial charge in [-0.3, -0.25) is 4.79 Å². The number of nitrogens with one attached hydrogen (secondary N) is 2. The molecule has 2 aliphatic heterocycles. The van der Waals surface area contributed by atoms with Gasteiger partial charge in [-0.1, -0.05) is 35.9 Å². The number of aliphatic hydroxyl groups is 1. The maximum absolute atomic E-state index is 13.1. The molecule has 1 fully saturated rings. The van der Waals surface area contributed by atoms with Crippen LogP contribution in [0.15, 0.2) is 42.5 Å². The number of carbonyl (C=O) groups excluding carboxylic acids is 1. The number of fused-ring (bicyclic) bond motifs is 2. The highest BCUT2D eigenvalue weighted by Gasteiger charge is 2.38. The molecular weight excluding hydrogens is 314 g/mol. The molecule has 5 heteroatoms. The molecule has 1 amide bonds. The Morgan fingerprint density at radius 3 is 2.64 bits per heavy atom. The van der Waals surface area contributed by atoms with E-state index in [9.17, 15) is 9.90 Å². The molecular formula is C20H21N3O2. The molecule has 0 spiro atoms. The van der Waals surface area contributed by atoms with Crippen LogP contribution in [0.4, 0.5) is 5.69 Å².